The maximum Gasteiger partial charge on any atom is 0.517 e. The average molecular weight is 1810 g/mol. The van der Waals surface area contributed by atoms with Gasteiger partial charge in [-0.1, -0.05) is 223 Å². The highest BCUT2D eigenvalue weighted by atomic mass is 32.1. The number of para-hydroxylation sites is 7. The molecule has 36 heteroatoms. The molecule has 15 aliphatic heterocycles. The summed E-state index contributed by atoms with van der Waals surface area (Å²) in [6.45, 7) is -0.225. The number of nitrogens with zero attached hydrogens (tertiary/aromatic N) is 22. The van der Waals surface area contributed by atoms with Gasteiger partial charge in [-0.05, 0) is 231 Å². The summed E-state index contributed by atoms with van der Waals surface area (Å²) < 4.78 is 41.2. The van der Waals surface area contributed by atoms with Crippen LogP contribution in [-0.4, -0.2) is 194 Å². The van der Waals surface area contributed by atoms with Gasteiger partial charge in [0.05, 0.1) is 48.8 Å². The van der Waals surface area contributed by atoms with Gasteiger partial charge in [0.1, 0.15) is 16.8 Å². The van der Waals surface area contributed by atoms with Gasteiger partial charge in [0.25, 0.3) is 0 Å². The van der Waals surface area contributed by atoms with Gasteiger partial charge in [0, 0.05) is 102 Å². The van der Waals surface area contributed by atoms with Crippen LogP contribution in [0.15, 0.2) is 462 Å². The first-order valence-corrected chi connectivity index (χ1v) is 48.5. The Bertz CT molecular complexity index is 8630. The first-order valence-electron chi connectivity index (χ1n) is 47.7. The van der Waals surface area contributed by atoms with Crippen molar-refractivity contribution in [2.24, 2.45) is 20.0 Å². The minimum atomic E-state index is -0.316. The molecule has 23 nitrogen and oxygen atoms in total. The summed E-state index contributed by atoms with van der Waals surface area (Å²) >= 11 is 1.75. The predicted octanol–water partition coefficient (Wildman–Crippen LogP) is 18.5. The van der Waals surface area contributed by atoms with Gasteiger partial charge in [0.15, 0.2) is 4.96 Å². The number of allylic oxidation sites excluding steroid dienone is 20. The maximum atomic E-state index is 6.72. The number of hydrogen-bond acceptors (Lipinski definition) is 20. The van der Waals surface area contributed by atoms with Crippen LogP contribution in [0.4, 0.5) is 0 Å². The van der Waals surface area contributed by atoms with Gasteiger partial charge >= 0.3 is 84.1 Å². The fraction of sp³-hybridized carbons (Fsp3) is 0. The van der Waals surface area contributed by atoms with Crippen molar-refractivity contribution in [2.45, 2.75) is 0 Å². The molecular formula is C104H76B12N22OS. The normalized spacial score (nSPS) is 18.0. The molecule has 3 fully saturated rings. The highest BCUT2D eigenvalue weighted by Gasteiger charge is 2.56. The molecule has 15 aliphatic rings. The molecule has 7 aromatic heterocycles. The smallest absolute Gasteiger partial charge is 0.455 e. The van der Waals surface area contributed by atoms with Gasteiger partial charge in [-0.2, -0.15) is 0 Å². The van der Waals surface area contributed by atoms with Crippen LogP contribution in [0.1, 0.15) is 11.1 Å². The van der Waals surface area contributed by atoms with Crippen LogP contribution in [0.3, 0.4) is 0 Å². The Hall–Kier alpha value is -17.1. The van der Waals surface area contributed by atoms with E-state index in [2.05, 4.69) is 470 Å². The SMILES string of the molecule is C1=CB2N(C=C1)B1C=CC=CN1B1C=C(n3c4ccccc4c4cc(-n5c6ccccc6c6cccnc65)ccc43)C=CN1B1C=CC=CN21.C1=CB2N3C=CC(c4cccc5c4oc4ccc(-n6c7ccccc7c7ccccc76)cc45)=CB3N3C=CC=NB3N3N=CC=CB3N2C=C1.C1=CB2N3C=CC(c4cccc5c4sc4nc6ccccc6n45)=CB3N3C=CC=NB3N3N=CC=CB3N2C=C1. The standard InChI is InChI=1S/C39H29B4N7.C38H27B4N7O.C27H20B4N8S/c1-4-16-37-32(12-1)34-14-11-23-44-39(34)50(37)30-17-18-38-35(28-30)33-13-2-3-15-36(33)49(38)31-19-27-48-42-22-6-9-25-46(42)40-20-5-8-24-45(40)41-21-7-10-26-47(41)43(48)29-31;1-3-14-35-31(10-1)32-11-2-4-15-36(32)48(35)29-16-17-37-34(26-29)33-13-7-12-30(38(33)50-37)28-18-25-46-39-19-5-6-23-45(39)40-20-8-22-44-49(40)42-43-21-9-24-47(42)41(46)27-28;1-2-10-24-23(9-1)34-27-38(24)25-11-5-8-22(26(25)40-27)21-12-19-36-28-13-3-4-17-35(28)29-14-6-16-33-39(29)31-32-15-7-18-37(31)30(36)20-21/h1-29H;1-27H;1-20H. The zero-order valence-corrected chi connectivity index (χ0v) is 76.3. The van der Waals surface area contributed by atoms with Gasteiger partial charge in [-0.3, -0.25) is 8.97 Å². The van der Waals surface area contributed by atoms with E-state index in [0.717, 1.165) is 82.7 Å². The van der Waals surface area contributed by atoms with Crippen molar-refractivity contribution in [3.63, 3.8) is 0 Å². The fourth-order valence-corrected chi connectivity index (χ4v) is 24.4. The third kappa shape index (κ3) is 12.5. The third-order valence-electron chi connectivity index (χ3n) is 29.3. The van der Waals surface area contributed by atoms with Crippen molar-refractivity contribution in [1.29, 1.82) is 0 Å². The lowest BCUT2D eigenvalue weighted by Gasteiger charge is -2.53. The fourth-order valence-electron chi connectivity index (χ4n) is 23.2. The number of pyridine rings is 1. The monoisotopic (exact) mass is 1810 g/mol. The number of hydrazone groups is 2. The minimum Gasteiger partial charge on any atom is -0.455 e. The van der Waals surface area contributed by atoms with Crippen LogP contribution in [0.25, 0.3) is 142 Å². The van der Waals surface area contributed by atoms with E-state index in [1.807, 2.05) is 67.5 Å². The molecule has 0 radical (unpaired) electrons. The lowest BCUT2D eigenvalue weighted by Crippen LogP contribution is -2.73. The van der Waals surface area contributed by atoms with Crippen LogP contribution >= 0.6 is 11.3 Å². The van der Waals surface area contributed by atoms with E-state index in [1.165, 1.54) is 70.4 Å². The van der Waals surface area contributed by atoms with Crippen LogP contribution in [0.5, 0.6) is 0 Å². The molecule has 650 valence electrons. The molecule has 0 unspecified atom stereocenters. The lowest BCUT2D eigenvalue weighted by molar-refractivity contribution is 0.560. The molecule has 0 bridgehead atoms. The number of rotatable bonds is 5. The van der Waals surface area contributed by atoms with Gasteiger partial charge in [0.2, 0.25) is 0 Å². The number of thiazole rings is 1. The number of imidazole rings is 1. The van der Waals surface area contributed by atoms with Crippen LogP contribution in [-0.2, 0) is 0 Å². The summed E-state index contributed by atoms with van der Waals surface area (Å²) in [6, 6.07) is 73.7. The molecule has 9 aromatic carbocycles. The van der Waals surface area contributed by atoms with Crippen molar-refractivity contribution in [2.75, 3.05) is 0 Å². The molecule has 0 saturated carbocycles. The van der Waals surface area contributed by atoms with Crippen molar-refractivity contribution in [1.82, 2.24) is 85.0 Å². The molecule has 3 saturated heterocycles. The first-order chi connectivity index (χ1) is 69.5. The molecule has 0 amide bonds. The van der Waals surface area contributed by atoms with Crippen molar-refractivity contribution in [3.05, 3.63) is 449 Å². The second kappa shape index (κ2) is 32.3. The van der Waals surface area contributed by atoms with Gasteiger partial charge in [-0.15, -0.1) is 0 Å². The quantitative estimate of drug-likeness (QED) is 0.150. The highest BCUT2D eigenvalue weighted by Crippen LogP contribution is 2.46. The zero-order valence-electron chi connectivity index (χ0n) is 75.5. The Morgan fingerprint density at radius 2 is 0.729 bits per heavy atom. The van der Waals surface area contributed by atoms with Crippen LogP contribution in [0.2, 0.25) is 0 Å². The third-order valence-corrected chi connectivity index (χ3v) is 30.4. The van der Waals surface area contributed by atoms with E-state index in [-0.39, 0.29) is 84.1 Å². The Morgan fingerprint density at radius 3 is 1.34 bits per heavy atom. The molecular weight excluding hydrogens is 1740 g/mol. The number of hydrogen-bond donors (Lipinski definition) is 0. The Balaban J connectivity index is 0.000000102. The maximum absolute atomic E-state index is 6.72. The Kier molecular flexibility index (Phi) is 18.5. The molecule has 0 spiro atoms. The summed E-state index contributed by atoms with van der Waals surface area (Å²) in [6.07, 6.45) is 67.5. The molecule has 0 atom stereocenters. The lowest BCUT2D eigenvalue weighted by atomic mass is 9.42. The second-order valence-electron chi connectivity index (χ2n) is 36.6. The summed E-state index contributed by atoms with van der Waals surface area (Å²) in [5, 5.41) is 19.1. The Labute approximate surface area is 814 Å². The van der Waals surface area contributed by atoms with Crippen molar-refractivity contribution in [3.8, 4) is 11.4 Å². The van der Waals surface area contributed by atoms with E-state index in [4.69, 9.17) is 34.4 Å². The molecule has 140 heavy (non-hydrogen) atoms. The summed E-state index contributed by atoms with van der Waals surface area (Å²) in [5.74, 6) is 22.9. The van der Waals surface area contributed by atoms with Gasteiger partial charge in [-0.25, -0.2) is 20.2 Å². The van der Waals surface area contributed by atoms with E-state index in [9.17, 15) is 0 Å². The highest BCUT2D eigenvalue weighted by molar-refractivity contribution is 7.24. The van der Waals surface area contributed by atoms with E-state index < -0.39 is 0 Å². The summed E-state index contributed by atoms with van der Waals surface area (Å²) in [5.41, 5.74) is 19.9. The molecule has 16 aromatic rings. The van der Waals surface area contributed by atoms with Crippen LogP contribution in [0, 0.1) is 0 Å². The predicted molar refractivity (Wildman–Crippen MR) is 588 cm³/mol. The number of aromatic nitrogens is 6. The Morgan fingerprint density at radius 1 is 0.293 bits per heavy atom. The van der Waals surface area contributed by atoms with Crippen molar-refractivity contribution < 1.29 is 4.42 Å². The molecule has 31 rings (SSSR count). The number of furan rings is 1. The molecule has 22 heterocycles. The molecule has 0 aliphatic carbocycles. The second-order valence-corrected chi connectivity index (χ2v) is 37.6. The zero-order chi connectivity index (χ0) is 91.7. The van der Waals surface area contributed by atoms with Gasteiger partial charge < -0.3 is 80.2 Å². The topological polar surface area (TPSA) is 146 Å². The first kappa shape index (κ1) is 80.2. The largest absolute Gasteiger partial charge is 0.517 e. The minimum absolute atomic E-state index is 0.0157. The molecule has 0 N–H and O–H groups in total. The number of fused-ring (bicyclic) bond motifs is 41. The van der Waals surface area contributed by atoms with E-state index >= 15 is 0 Å². The average Bonchev–Trinajstić information content (AvgIpc) is 1.42. The summed E-state index contributed by atoms with van der Waals surface area (Å²) in [7, 11) is -0.593. The van der Waals surface area contributed by atoms with E-state index in [1.54, 1.807) is 11.3 Å². The van der Waals surface area contributed by atoms with Crippen LogP contribution < -0.4 is 0 Å². The summed E-state index contributed by atoms with van der Waals surface area (Å²) in [4.78, 5) is 24.8. The number of benzene rings is 9. The van der Waals surface area contributed by atoms with E-state index in [0.29, 0.717) is 0 Å². The van der Waals surface area contributed by atoms with Crippen molar-refractivity contribution >= 4 is 251 Å².